The number of likely N-dealkylation sites (N-methyl/N-ethyl adjacent to an activating group) is 1. The molecule has 0 amide bonds. The Morgan fingerprint density at radius 3 is 2.48 bits per heavy atom. The molecule has 0 aliphatic carbocycles. The van der Waals surface area contributed by atoms with Gasteiger partial charge in [-0.25, -0.2) is 0 Å². The smallest absolute Gasteiger partial charge is 0.198 e. The molecule has 0 spiro atoms. The first-order chi connectivity index (χ1) is 12.7. The fraction of sp³-hybridized carbons (Fsp3) is 0.667. The fourth-order valence-electron chi connectivity index (χ4n) is 3.98. The van der Waals surface area contributed by atoms with Crippen molar-refractivity contribution in [3.8, 4) is 0 Å². The molecule has 1 N–H and O–H groups in total. The number of hydrogen-bond donors (Lipinski definition) is 1. The number of guanidine groups is 1. The Morgan fingerprint density at radius 1 is 1.07 bits per heavy atom. The third-order valence-electron chi connectivity index (χ3n) is 5.51. The molecule has 1 fully saturated rings. The van der Waals surface area contributed by atoms with Crippen LogP contribution in [0.3, 0.4) is 0 Å². The lowest BCUT2D eigenvalue weighted by Crippen LogP contribution is -2.47. The van der Waals surface area contributed by atoms with Crippen molar-refractivity contribution in [3.05, 3.63) is 29.8 Å². The predicted octanol–water partition coefficient (Wildman–Crippen LogP) is 2.91. The van der Waals surface area contributed by atoms with Gasteiger partial charge >= 0.3 is 0 Å². The van der Waals surface area contributed by atoms with E-state index in [4.69, 9.17) is 4.99 Å². The molecule has 1 saturated heterocycles. The van der Waals surface area contributed by atoms with Gasteiger partial charge in [0.15, 0.2) is 5.96 Å². The van der Waals surface area contributed by atoms with Crippen molar-refractivity contribution in [2.45, 2.75) is 27.2 Å². The summed E-state index contributed by atoms with van der Waals surface area (Å²) in [7, 11) is 0. The summed E-state index contributed by atoms with van der Waals surface area (Å²) < 4.78 is 0. The summed E-state index contributed by atoms with van der Waals surface area (Å²) in [5, 5.41) is 3.49. The van der Waals surface area contributed by atoms with Crippen LogP contribution < -0.4 is 10.2 Å². The van der Waals surface area contributed by atoms with Gasteiger partial charge in [0.25, 0.3) is 0 Å². The van der Waals surface area contributed by atoms with Crippen LogP contribution >= 0.6 is 24.0 Å². The van der Waals surface area contributed by atoms with E-state index in [9.17, 15) is 0 Å². The van der Waals surface area contributed by atoms with E-state index in [1.807, 2.05) is 0 Å². The number of halogens is 1. The van der Waals surface area contributed by atoms with Crippen LogP contribution in [0.15, 0.2) is 29.3 Å². The minimum atomic E-state index is 0. The van der Waals surface area contributed by atoms with Gasteiger partial charge in [-0.05, 0) is 37.4 Å². The Balaban J connectivity index is 0.00000261. The predicted molar refractivity (Wildman–Crippen MR) is 127 cm³/mol. The van der Waals surface area contributed by atoms with E-state index in [1.165, 1.54) is 44.0 Å². The summed E-state index contributed by atoms with van der Waals surface area (Å²) >= 11 is 0. The van der Waals surface area contributed by atoms with Crippen molar-refractivity contribution in [1.29, 1.82) is 0 Å². The maximum atomic E-state index is 4.99. The van der Waals surface area contributed by atoms with Crippen LogP contribution in [0, 0.1) is 5.92 Å². The summed E-state index contributed by atoms with van der Waals surface area (Å²) in [6.07, 6.45) is 1.11. The Hall–Kier alpha value is -0.860. The number of fused-ring (bicyclic) bond motifs is 1. The van der Waals surface area contributed by atoms with Gasteiger partial charge < -0.3 is 20.0 Å². The van der Waals surface area contributed by atoms with Gasteiger partial charge in [0.1, 0.15) is 0 Å². The highest BCUT2D eigenvalue weighted by Crippen LogP contribution is 2.27. The van der Waals surface area contributed by atoms with Crippen LogP contribution in [-0.2, 0) is 6.42 Å². The molecule has 0 aromatic heterocycles. The monoisotopic (exact) mass is 485 g/mol. The van der Waals surface area contributed by atoms with E-state index >= 15 is 0 Å². The molecule has 0 bridgehead atoms. The molecule has 0 radical (unpaired) electrons. The standard InChI is InChI=1S/C21H35N5.HI/c1-4-22-21(26-11-10-19-8-6-7-9-20(19)26)23-16-18(3)17-25-14-12-24(5-2)13-15-25;/h6-9,18H,4-5,10-17H2,1-3H3,(H,22,23);1H. The van der Waals surface area contributed by atoms with Crippen molar-refractivity contribution in [2.75, 3.05) is 63.8 Å². The number of aliphatic imine (C=N–C) groups is 1. The number of benzene rings is 1. The molecule has 1 aromatic rings. The molecule has 152 valence electrons. The second-order valence-corrected chi connectivity index (χ2v) is 7.57. The molecule has 6 heteroatoms. The largest absolute Gasteiger partial charge is 0.356 e. The Labute approximate surface area is 182 Å². The van der Waals surface area contributed by atoms with E-state index < -0.39 is 0 Å². The normalized spacial score (nSPS) is 19.5. The van der Waals surface area contributed by atoms with Crippen molar-refractivity contribution in [2.24, 2.45) is 10.9 Å². The highest BCUT2D eigenvalue weighted by Gasteiger charge is 2.23. The number of para-hydroxylation sites is 1. The van der Waals surface area contributed by atoms with Gasteiger partial charge in [0.05, 0.1) is 0 Å². The lowest BCUT2D eigenvalue weighted by molar-refractivity contribution is 0.125. The Morgan fingerprint density at radius 2 is 1.78 bits per heavy atom. The molecule has 1 unspecified atom stereocenters. The molecular formula is C21H36IN5. The molecule has 1 aromatic carbocycles. The first-order valence-electron chi connectivity index (χ1n) is 10.3. The lowest BCUT2D eigenvalue weighted by Gasteiger charge is -2.35. The molecule has 27 heavy (non-hydrogen) atoms. The maximum Gasteiger partial charge on any atom is 0.198 e. The zero-order valence-electron chi connectivity index (χ0n) is 17.2. The van der Waals surface area contributed by atoms with Crippen molar-refractivity contribution in [3.63, 3.8) is 0 Å². The highest BCUT2D eigenvalue weighted by atomic mass is 127. The van der Waals surface area contributed by atoms with E-state index in [0.29, 0.717) is 5.92 Å². The first kappa shape index (κ1) is 22.4. The second kappa shape index (κ2) is 11.2. The van der Waals surface area contributed by atoms with Gasteiger partial charge in [0.2, 0.25) is 0 Å². The zero-order valence-corrected chi connectivity index (χ0v) is 19.5. The van der Waals surface area contributed by atoms with Crippen molar-refractivity contribution < 1.29 is 0 Å². The van der Waals surface area contributed by atoms with Gasteiger partial charge in [-0.15, -0.1) is 24.0 Å². The minimum absolute atomic E-state index is 0. The average molecular weight is 485 g/mol. The second-order valence-electron chi connectivity index (χ2n) is 7.57. The lowest BCUT2D eigenvalue weighted by atomic mass is 10.1. The van der Waals surface area contributed by atoms with Crippen LogP contribution in [0.5, 0.6) is 0 Å². The first-order valence-corrected chi connectivity index (χ1v) is 10.3. The molecule has 2 heterocycles. The third kappa shape index (κ3) is 6.06. The molecule has 2 aliphatic rings. The summed E-state index contributed by atoms with van der Waals surface area (Å²) in [6.45, 7) is 16.7. The molecule has 0 saturated carbocycles. The Bertz CT molecular complexity index is 598. The van der Waals surface area contributed by atoms with Crippen LogP contribution in [0.25, 0.3) is 0 Å². The van der Waals surface area contributed by atoms with Crippen LogP contribution in [0.4, 0.5) is 5.69 Å². The summed E-state index contributed by atoms with van der Waals surface area (Å²) in [4.78, 5) is 12.5. The van der Waals surface area contributed by atoms with Crippen molar-refractivity contribution in [1.82, 2.24) is 15.1 Å². The van der Waals surface area contributed by atoms with Crippen molar-refractivity contribution >= 4 is 35.6 Å². The number of hydrogen-bond acceptors (Lipinski definition) is 3. The number of rotatable bonds is 6. The van der Waals surface area contributed by atoms with Crippen LogP contribution in [-0.4, -0.2) is 74.7 Å². The molecule has 5 nitrogen and oxygen atoms in total. The third-order valence-corrected chi connectivity index (χ3v) is 5.51. The number of nitrogens with one attached hydrogen (secondary N) is 1. The molecule has 2 aliphatic heterocycles. The summed E-state index contributed by atoms with van der Waals surface area (Å²) in [6, 6.07) is 8.70. The highest BCUT2D eigenvalue weighted by molar-refractivity contribution is 14.0. The average Bonchev–Trinajstić information content (AvgIpc) is 3.10. The van der Waals surface area contributed by atoms with E-state index in [0.717, 1.165) is 38.6 Å². The quantitative estimate of drug-likeness (QED) is 0.382. The SMILES string of the molecule is CCNC(=NCC(C)CN1CCN(CC)CC1)N1CCc2ccccc21.I. The zero-order chi connectivity index (χ0) is 18.4. The van der Waals surface area contributed by atoms with E-state index in [2.05, 4.69) is 65.1 Å². The van der Waals surface area contributed by atoms with Gasteiger partial charge in [-0.2, -0.15) is 0 Å². The summed E-state index contributed by atoms with van der Waals surface area (Å²) in [5.74, 6) is 1.62. The molecule has 3 rings (SSSR count). The van der Waals surface area contributed by atoms with E-state index in [1.54, 1.807) is 0 Å². The van der Waals surface area contributed by atoms with Gasteiger partial charge in [-0.1, -0.05) is 32.0 Å². The fourth-order valence-corrected chi connectivity index (χ4v) is 3.98. The van der Waals surface area contributed by atoms with E-state index in [-0.39, 0.29) is 24.0 Å². The molecular weight excluding hydrogens is 449 g/mol. The van der Waals surface area contributed by atoms with Crippen LogP contribution in [0.1, 0.15) is 26.3 Å². The number of anilines is 1. The molecule has 1 atom stereocenters. The number of nitrogens with zero attached hydrogens (tertiary/aromatic N) is 4. The van der Waals surface area contributed by atoms with Gasteiger partial charge in [-0.3, -0.25) is 4.99 Å². The number of piperazine rings is 1. The minimum Gasteiger partial charge on any atom is -0.356 e. The Kier molecular flexibility index (Phi) is 9.32. The summed E-state index contributed by atoms with van der Waals surface area (Å²) in [5.41, 5.74) is 2.75. The topological polar surface area (TPSA) is 34.1 Å². The van der Waals surface area contributed by atoms with Gasteiger partial charge in [0, 0.05) is 58.0 Å². The van der Waals surface area contributed by atoms with Crippen LogP contribution in [0.2, 0.25) is 0 Å². The maximum absolute atomic E-state index is 4.99.